The topological polar surface area (TPSA) is 24.5 Å². The first-order valence-electron chi connectivity index (χ1n) is 7.45. The minimum Gasteiger partial charge on any atom is -0.363 e. The maximum atomic E-state index is 6.39. The third-order valence-electron chi connectivity index (χ3n) is 4.72. The van der Waals surface area contributed by atoms with Gasteiger partial charge in [0.2, 0.25) is 0 Å². The van der Waals surface area contributed by atoms with Gasteiger partial charge >= 0.3 is 0 Å². The van der Waals surface area contributed by atoms with Crippen LogP contribution in [0, 0.1) is 0 Å². The van der Waals surface area contributed by atoms with Gasteiger partial charge in [-0.2, -0.15) is 0 Å². The molecule has 3 aliphatic rings. The molecule has 0 radical (unpaired) electrons. The number of nitrogens with zero attached hydrogens (tertiary/aromatic N) is 1. The van der Waals surface area contributed by atoms with Crippen LogP contribution in [0.5, 0.6) is 0 Å². The number of rotatable bonds is 3. The smallest absolute Gasteiger partial charge is 0.107 e. The van der Waals surface area contributed by atoms with Gasteiger partial charge < -0.3 is 10.1 Å². The SMILES string of the molecule is c1ccc(CCN2CC3(CNCC4(CC4)O3)C2)cc1. The molecule has 0 bridgehead atoms. The fraction of sp³-hybridized carbons (Fsp3) is 0.625. The molecule has 2 heterocycles. The first kappa shape index (κ1) is 11.9. The second kappa shape index (κ2) is 4.30. The van der Waals surface area contributed by atoms with Crippen molar-refractivity contribution in [1.29, 1.82) is 0 Å². The monoisotopic (exact) mass is 258 g/mol. The van der Waals surface area contributed by atoms with Gasteiger partial charge in [-0.05, 0) is 24.8 Å². The minimum atomic E-state index is 0.130. The Morgan fingerprint density at radius 2 is 1.79 bits per heavy atom. The van der Waals surface area contributed by atoms with Crippen molar-refractivity contribution in [3.05, 3.63) is 35.9 Å². The lowest BCUT2D eigenvalue weighted by Crippen LogP contribution is -2.71. The Kier molecular flexibility index (Phi) is 2.69. The van der Waals surface area contributed by atoms with Crippen molar-refractivity contribution in [2.24, 2.45) is 0 Å². The fourth-order valence-electron chi connectivity index (χ4n) is 3.50. The van der Waals surface area contributed by atoms with Crippen LogP contribution in [-0.4, -0.2) is 48.8 Å². The van der Waals surface area contributed by atoms with Gasteiger partial charge in [0.1, 0.15) is 5.60 Å². The molecule has 0 amide bonds. The van der Waals surface area contributed by atoms with Crippen LogP contribution in [0.3, 0.4) is 0 Å². The van der Waals surface area contributed by atoms with E-state index in [-0.39, 0.29) is 11.2 Å². The molecule has 4 rings (SSSR count). The summed E-state index contributed by atoms with van der Waals surface area (Å²) in [6.07, 6.45) is 3.66. The molecule has 3 heteroatoms. The molecule has 1 aliphatic carbocycles. The molecule has 0 aromatic heterocycles. The van der Waals surface area contributed by atoms with E-state index in [4.69, 9.17) is 4.74 Å². The van der Waals surface area contributed by atoms with Gasteiger partial charge in [0, 0.05) is 32.7 Å². The lowest BCUT2D eigenvalue weighted by Gasteiger charge is -2.54. The van der Waals surface area contributed by atoms with Crippen molar-refractivity contribution in [1.82, 2.24) is 10.2 Å². The predicted octanol–water partition coefficient (Wildman–Crippen LogP) is 1.44. The molecule has 2 aliphatic heterocycles. The second-order valence-electron chi connectivity index (χ2n) is 6.52. The maximum absolute atomic E-state index is 6.39. The first-order valence-corrected chi connectivity index (χ1v) is 7.45. The van der Waals surface area contributed by atoms with Crippen molar-refractivity contribution in [3.63, 3.8) is 0 Å². The number of ether oxygens (including phenoxy) is 1. The van der Waals surface area contributed by atoms with Crippen molar-refractivity contribution in [2.45, 2.75) is 30.5 Å². The highest BCUT2D eigenvalue weighted by Gasteiger charge is 2.56. The van der Waals surface area contributed by atoms with E-state index < -0.39 is 0 Å². The van der Waals surface area contributed by atoms with Crippen LogP contribution in [0.25, 0.3) is 0 Å². The molecule has 1 aromatic rings. The molecule has 2 spiro atoms. The summed E-state index contributed by atoms with van der Waals surface area (Å²) >= 11 is 0. The normalized spacial score (nSPS) is 27.4. The lowest BCUT2D eigenvalue weighted by molar-refractivity contribution is -0.198. The maximum Gasteiger partial charge on any atom is 0.107 e. The zero-order valence-corrected chi connectivity index (χ0v) is 11.4. The molecule has 0 atom stereocenters. The van der Waals surface area contributed by atoms with Gasteiger partial charge in [0.05, 0.1) is 5.60 Å². The average molecular weight is 258 g/mol. The highest BCUT2D eigenvalue weighted by molar-refractivity contribution is 5.16. The largest absolute Gasteiger partial charge is 0.363 e. The Balaban J connectivity index is 1.28. The van der Waals surface area contributed by atoms with Gasteiger partial charge in [0.25, 0.3) is 0 Å². The van der Waals surface area contributed by atoms with Crippen molar-refractivity contribution in [2.75, 3.05) is 32.7 Å². The van der Waals surface area contributed by atoms with Gasteiger partial charge in [-0.15, -0.1) is 0 Å². The third kappa shape index (κ3) is 2.31. The van der Waals surface area contributed by atoms with E-state index in [1.807, 2.05) is 0 Å². The highest BCUT2D eigenvalue weighted by Crippen LogP contribution is 2.46. The van der Waals surface area contributed by atoms with Crippen molar-refractivity contribution in [3.8, 4) is 0 Å². The van der Waals surface area contributed by atoms with Crippen LogP contribution in [0.2, 0.25) is 0 Å². The molecule has 19 heavy (non-hydrogen) atoms. The van der Waals surface area contributed by atoms with Crippen LogP contribution in [-0.2, 0) is 11.2 Å². The van der Waals surface area contributed by atoms with Crippen molar-refractivity contribution >= 4 is 0 Å². The van der Waals surface area contributed by atoms with Gasteiger partial charge in [-0.3, -0.25) is 4.90 Å². The van der Waals surface area contributed by atoms with E-state index >= 15 is 0 Å². The van der Waals surface area contributed by atoms with Crippen molar-refractivity contribution < 1.29 is 4.74 Å². The zero-order valence-electron chi connectivity index (χ0n) is 11.4. The fourth-order valence-corrected chi connectivity index (χ4v) is 3.50. The number of hydrogen-bond donors (Lipinski definition) is 1. The van der Waals surface area contributed by atoms with E-state index in [1.165, 1.54) is 18.4 Å². The highest BCUT2D eigenvalue weighted by atomic mass is 16.5. The molecule has 3 fully saturated rings. The number of morpholine rings is 1. The summed E-state index contributed by atoms with van der Waals surface area (Å²) in [4.78, 5) is 2.52. The molecule has 1 aromatic carbocycles. The molecule has 1 saturated carbocycles. The Hall–Kier alpha value is -0.900. The van der Waals surface area contributed by atoms with E-state index in [2.05, 4.69) is 40.5 Å². The average Bonchev–Trinajstić information content (AvgIpc) is 3.14. The molecule has 2 saturated heterocycles. The molecular formula is C16H22N2O. The molecule has 1 N–H and O–H groups in total. The summed E-state index contributed by atoms with van der Waals surface area (Å²) in [6, 6.07) is 10.8. The van der Waals surface area contributed by atoms with Gasteiger partial charge in [-0.25, -0.2) is 0 Å². The molecule has 0 unspecified atom stereocenters. The summed E-state index contributed by atoms with van der Waals surface area (Å²) < 4.78 is 6.39. The molecular weight excluding hydrogens is 236 g/mol. The van der Waals surface area contributed by atoms with Gasteiger partial charge in [-0.1, -0.05) is 30.3 Å². The van der Waals surface area contributed by atoms with Gasteiger partial charge in [0.15, 0.2) is 0 Å². The Morgan fingerprint density at radius 3 is 2.53 bits per heavy atom. The number of nitrogens with one attached hydrogen (secondary N) is 1. The third-order valence-corrected chi connectivity index (χ3v) is 4.72. The number of hydrogen-bond acceptors (Lipinski definition) is 3. The molecule has 3 nitrogen and oxygen atoms in total. The Morgan fingerprint density at radius 1 is 1.05 bits per heavy atom. The van der Waals surface area contributed by atoms with E-state index in [1.54, 1.807) is 0 Å². The first-order chi connectivity index (χ1) is 9.28. The predicted molar refractivity (Wildman–Crippen MR) is 75.2 cm³/mol. The number of benzene rings is 1. The van der Waals surface area contributed by atoms with Crippen LogP contribution < -0.4 is 5.32 Å². The Labute approximate surface area is 114 Å². The second-order valence-corrected chi connectivity index (χ2v) is 6.52. The van der Waals surface area contributed by atoms with E-state index in [9.17, 15) is 0 Å². The van der Waals surface area contributed by atoms with Crippen LogP contribution >= 0.6 is 0 Å². The van der Waals surface area contributed by atoms with Crippen LogP contribution in [0.4, 0.5) is 0 Å². The van der Waals surface area contributed by atoms with E-state index in [0.717, 1.165) is 39.1 Å². The van der Waals surface area contributed by atoms with Crippen LogP contribution in [0.1, 0.15) is 18.4 Å². The quantitative estimate of drug-likeness (QED) is 0.888. The summed E-state index contributed by atoms with van der Waals surface area (Å²) in [5.41, 5.74) is 1.79. The lowest BCUT2D eigenvalue weighted by atomic mass is 9.91. The summed E-state index contributed by atoms with van der Waals surface area (Å²) in [5, 5.41) is 3.57. The Bertz CT molecular complexity index is 449. The zero-order chi connectivity index (χ0) is 12.8. The molecule has 102 valence electrons. The summed E-state index contributed by atoms with van der Waals surface area (Å²) in [6.45, 7) is 5.47. The van der Waals surface area contributed by atoms with E-state index in [0.29, 0.717) is 0 Å². The number of likely N-dealkylation sites (tertiary alicyclic amines) is 1. The minimum absolute atomic E-state index is 0.130. The standard InChI is InChI=1S/C16H22N2O/c1-2-4-14(5-3-1)6-9-18-12-16(13-18)11-17-10-15(19-16)7-8-15/h1-5,17H,6-13H2. The summed E-state index contributed by atoms with van der Waals surface area (Å²) in [7, 11) is 0. The summed E-state index contributed by atoms with van der Waals surface area (Å²) in [5.74, 6) is 0. The van der Waals surface area contributed by atoms with Crippen LogP contribution in [0.15, 0.2) is 30.3 Å².